The Hall–Kier alpha value is 0.411. The number of rotatable bonds is 33. The second-order valence-corrected chi connectivity index (χ2v) is 29.7. The zero-order valence-electron chi connectivity index (χ0n) is 31.9. The Labute approximate surface area is 284 Å². The molecule has 0 aliphatic carbocycles. The largest absolute Gasteiger partial charge is 0.436 e. The van der Waals surface area contributed by atoms with Gasteiger partial charge in [-0.3, -0.25) is 0 Å². The summed E-state index contributed by atoms with van der Waals surface area (Å²) >= 11 is 0. The zero-order valence-corrected chi connectivity index (χ0v) is 34.9. The van der Waals surface area contributed by atoms with Gasteiger partial charge in [0.2, 0.25) is 0 Å². The van der Waals surface area contributed by atoms with E-state index in [1.807, 2.05) is 0 Å². The summed E-state index contributed by atoms with van der Waals surface area (Å²) in [5, 5.41) is 9.04. The minimum absolute atomic E-state index is 0.0816. The van der Waals surface area contributed by atoms with Crippen LogP contribution >= 0.6 is 0 Å². The summed E-state index contributed by atoms with van der Waals surface area (Å²) in [7, 11) is -5.75. The van der Waals surface area contributed by atoms with E-state index < -0.39 is 25.0 Å². The molecule has 0 aromatic carbocycles. The van der Waals surface area contributed by atoms with Crippen LogP contribution in [0.15, 0.2) is 0 Å². The molecule has 0 rings (SSSR count). The Morgan fingerprint density at radius 2 is 0.933 bits per heavy atom. The van der Waals surface area contributed by atoms with Gasteiger partial charge in [0.15, 0.2) is 8.32 Å². The Balaban J connectivity index is 4.19. The van der Waals surface area contributed by atoms with E-state index in [1.165, 1.54) is 89.1 Å². The molecule has 1 N–H and O–H groups in total. The second kappa shape index (κ2) is 27.3. The van der Waals surface area contributed by atoms with Crippen LogP contribution in [0.1, 0.15) is 130 Å². The zero-order chi connectivity index (χ0) is 33.9. The van der Waals surface area contributed by atoms with Crippen LogP contribution < -0.4 is 0 Å². The first-order valence-corrected chi connectivity index (χ1v) is 28.0. The topological polar surface area (TPSA) is 66.4 Å². The molecule has 2 unspecified atom stereocenters. The molecule has 0 aliphatic rings. The van der Waals surface area contributed by atoms with E-state index in [2.05, 4.69) is 60.4 Å². The molecule has 0 saturated carbocycles. The summed E-state index contributed by atoms with van der Waals surface area (Å²) in [5.74, 6) is 0. The number of aliphatic hydroxyl groups excluding tert-OH is 1. The van der Waals surface area contributed by atoms with Gasteiger partial charge in [0.25, 0.3) is 0 Å². The predicted octanol–water partition coefficient (Wildman–Crippen LogP) is 10.6. The summed E-state index contributed by atoms with van der Waals surface area (Å²) in [4.78, 5) is 0. The van der Waals surface area contributed by atoms with Crippen LogP contribution in [0, 0.1) is 0 Å². The van der Waals surface area contributed by atoms with Crippen molar-refractivity contribution in [3.8, 4) is 0 Å². The molecule has 6 nitrogen and oxygen atoms in total. The molecular weight excluding hydrogens is 613 g/mol. The molecule has 272 valence electrons. The normalized spacial score (nSPS) is 15.3. The van der Waals surface area contributed by atoms with E-state index in [9.17, 15) is 0 Å². The molecule has 0 amide bonds. The van der Waals surface area contributed by atoms with E-state index in [4.69, 9.17) is 27.9 Å². The lowest BCUT2D eigenvalue weighted by molar-refractivity contribution is 0.0446. The smallest absolute Gasteiger partial charge is 0.325 e. The van der Waals surface area contributed by atoms with Gasteiger partial charge in [0, 0.05) is 27.9 Å². The Bertz CT molecular complexity index is 658. The third-order valence-corrected chi connectivity index (χ3v) is 22.7. The minimum Gasteiger partial charge on any atom is -0.436 e. The highest BCUT2D eigenvalue weighted by molar-refractivity contribution is 6.95. The van der Waals surface area contributed by atoms with Crippen LogP contribution in [-0.2, 0) is 22.8 Å². The van der Waals surface area contributed by atoms with Crippen LogP contribution in [0.25, 0.3) is 0 Å². The average Bonchev–Trinajstić information content (AvgIpc) is 2.91. The van der Waals surface area contributed by atoms with Gasteiger partial charge in [-0.25, -0.2) is 0 Å². The molecule has 0 aromatic rings. The molecule has 0 radical (unpaired) electrons. The monoisotopic (exact) mass is 693 g/mol. The van der Waals surface area contributed by atoms with Gasteiger partial charge < -0.3 is 27.9 Å². The van der Waals surface area contributed by atoms with Crippen LogP contribution in [0.3, 0.4) is 0 Å². The fourth-order valence-electron chi connectivity index (χ4n) is 6.52. The van der Waals surface area contributed by atoms with Crippen molar-refractivity contribution in [1.82, 2.24) is 0 Å². The SMILES string of the molecule is CCCCCCCCCCCCCCCCOCCOCCC[Si](C)(OC(C)(C)C)O[Si](C)(CCCOCCO)C[Si](C)(C)C. The van der Waals surface area contributed by atoms with Gasteiger partial charge in [0.1, 0.15) is 0 Å². The highest BCUT2D eigenvalue weighted by Gasteiger charge is 2.45. The molecule has 0 fully saturated rings. The summed E-state index contributed by atoms with van der Waals surface area (Å²) in [6.45, 7) is 24.9. The molecule has 9 heteroatoms. The molecule has 2 atom stereocenters. The molecule has 0 heterocycles. The highest BCUT2D eigenvalue weighted by Crippen LogP contribution is 2.33. The quantitative estimate of drug-likeness (QED) is 0.0545. The fourth-order valence-corrected chi connectivity index (χ4v) is 25.4. The van der Waals surface area contributed by atoms with Gasteiger partial charge in [-0.2, -0.15) is 0 Å². The van der Waals surface area contributed by atoms with Crippen molar-refractivity contribution in [2.45, 2.75) is 187 Å². The molecule has 45 heavy (non-hydrogen) atoms. The maximum atomic E-state index is 9.04. The van der Waals surface area contributed by atoms with E-state index in [0.717, 1.165) is 44.6 Å². The molecule has 0 aliphatic heterocycles. The van der Waals surface area contributed by atoms with Crippen LogP contribution in [0.5, 0.6) is 0 Å². The van der Waals surface area contributed by atoms with Gasteiger partial charge in [0.05, 0.1) is 32.0 Å². The van der Waals surface area contributed by atoms with Crippen LogP contribution in [0.2, 0.25) is 50.5 Å². The Morgan fingerprint density at radius 3 is 1.38 bits per heavy atom. The van der Waals surface area contributed by atoms with Crippen molar-refractivity contribution in [3.63, 3.8) is 0 Å². The van der Waals surface area contributed by atoms with Crippen molar-refractivity contribution in [3.05, 3.63) is 0 Å². The predicted molar refractivity (Wildman–Crippen MR) is 202 cm³/mol. The molecule has 0 aromatic heterocycles. The first-order valence-electron chi connectivity index (χ1n) is 19.0. The van der Waals surface area contributed by atoms with E-state index in [1.54, 1.807) is 0 Å². The standard InChI is InChI=1S/C36H80O6Si3/c1-10-11-12-13-14-15-16-17-18-19-20-21-22-23-27-39-31-32-40-29-25-34-45(9,41-36(2,3)4)42-44(8,35-43(5,6)7)33-24-28-38-30-26-37/h37H,10-35H2,1-9H3. The summed E-state index contributed by atoms with van der Waals surface area (Å²) < 4.78 is 31.4. The van der Waals surface area contributed by atoms with Crippen LogP contribution in [-0.4, -0.2) is 81.9 Å². The number of hydrogen-bond donors (Lipinski definition) is 1. The molecular formula is C36H80O6Si3. The van der Waals surface area contributed by atoms with Crippen molar-refractivity contribution in [2.75, 3.05) is 46.2 Å². The summed E-state index contributed by atoms with van der Waals surface area (Å²) in [6, 6.07) is 2.02. The molecule has 0 saturated heterocycles. The van der Waals surface area contributed by atoms with Crippen molar-refractivity contribution < 1.29 is 27.9 Å². The summed E-state index contributed by atoms with van der Waals surface area (Å²) in [6.07, 6.45) is 21.3. The first-order chi connectivity index (χ1) is 21.2. The molecule has 0 spiro atoms. The second-order valence-electron chi connectivity index (χ2n) is 16.0. The lowest BCUT2D eigenvalue weighted by atomic mass is 10.0. The van der Waals surface area contributed by atoms with Crippen molar-refractivity contribution in [2.24, 2.45) is 0 Å². The van der Waals surface area contributed by atoms with Gasteiger partial charge in [-0.1, -0.05) is 110 Å². The van der Waals surface area contributed by atoms with E-state index >= 15 is 0 Å². The van der Waals surface area contributed by atoms with E-state index in [0.29, 0.717) is 26.4 Å². The lowest BCUT2D eigenvalue weighted by Crippen LogP contribution is -2.55. The highest BCUT2D eigenvalue weighted by atomic mass is 28.5. The third-order valence-electron chi connectivity index (χ3n) is 8.05. The van der Waals surface area contributed by atoms with Gasteiger partial charge in [-0.15, -0.1) is 0 Å². The van der Waals surface area contributed by atoms with Crippen LogP contribution in [0.4, 0.5) is 0 Å². The van der Waals surface area contributed by atoms with Crippen molar-refractivity contribution in [1.29, 1.82) is 0 Å². The Kier molecular flexibility index (Phi) is 27.5. The number of ether oxygens (including phenoxy) is 3. The number of unbranched alkanes of at least 4 members (excludes halogenated alkanes) is 13. The molecule has 0 bridgehead atoms. The van der Waals surface area contributed by atoms with E-state index in [-0.39, 0.29) is 12.2 Å². The van der Waals surface area contributed by atoms with Gasteiger partial charge in [-0.05, 0) is 70.9 Å². The maximum Gasteiger partial charge on any atom is 0.325 e. The first kappa shape index (κ1) is 45.4. The maximum absolute atomic E-state index is 9.04. The van der Waals surface area contributed by atoms with Crippen molar-refractivity contribution >= 4 is 25.0 Å². The summed E-state index contributed by atoms with van der Waals surface area (Å²) in [5.41, 5.74) is 0.991. The Morgan fingerprint density at radius 1 is 0.511 bits per heavy atom. The lowest BCUT2D eigenvalue weighted by Gasteiger charge is -2.43. The number of hydrogen-bond acceptors (Lipinski definition) is 6. The minimum atomic E-state index is -2.42. The average molecular weight is 693 g/mol. The fraction of sp³-hybridized carbons (Fsp3) is 1.00. The number of aliphatic hydroxyl groups is 1. The van der Waals surface area contributed by atoms with Gasteiger partial charge >= 0.3 is 8.56 Å². The third kappa shape index (κ3) is 31.4.